The molecule has 2 N–H and O–H groups in total. The largest absolute Gasteiger partial charge is 0.493 e. The molecule has 0 bridgehead atoms. The number of allylic oxidation sites excluding steroid dienone is 2. The highest BCUT2D eigenvalue weighted by Gasteiger charge is 2.23. The maximum Gasteiger partial charge on any atom is 0.291 e. The third kappa shape index (κ3) is 3.56. The lowest BCUT2D eigenvalue weighted by atomic mass is 9.96. The summed E-state index contributed by atoms with van der Waals surface area (Å²) < 4.78 is 11.4. The quantitative estimate of drug-likeness (QED) is 0.836. The molecule has 5 rings (SSSR count). The van der Waals surface area contributed by atoms with Gasteiger partial charge < -0.3 is 24.7 Å². The lowest BCUT2D eigenvalue weighted by molar-refractivity contribution is 0.0996. The summed E-state index contributed by atoms with van der Waals surface area (Å²) in [5, 5.41) is 6.29. The monoisotopic (exact) mass is 390 g/mol. The Morgan fingerprint density at radius 3 is 3.03 bits per heavy atom. The van der Waals surface area contributed by atoms with Crippen LogP contribution in [-0.4, -0.2) is 43.2 Å². The van der Waals surface area contributed by atoms with E-state index in [1.54, 1.807) is 24.7 Å². The number of nitrogens with one attached hydrogen (secondary N) is 2. The molecule has 3 aliphatic rings. The number of hydrogen-bond acceptors (Lipinski definition) is 6. The highest BCUT2D eigenvalue weighted by atomic mass is 16.5. The molecule has 7 nitrogen and oxygen atoms in total. The van der Waals surface area contributed by atoms with Crippen molar-refractivity contribution in [2.45, 2.75) is 12.5 Å². The van der Waals surface area contributed by atoms with Crippen molar-refractivity contribution in [2.75, 3.05) is 36.4 Å². The normalized spacial score (nSPS) is 20.6. The number of hydrogen-bond donors (Lipinski definition) is 2. The Balaban J connectivity index is 1.33. The van der Waals surface area contributed by atoms with Crippen LogP contribution in [0.4, 0.5) is 11.4 Å². The van der Waals surface area contributed by atoms with Crippen molar-refractivity contribution in [3.63, 3.8) is 0 Å². The number of furan rings is 1. The molecule has 1 fully saturated rings. The van der Waals surface area contributed by atoms with Crippen molar-refractivity contribution < 1.29 is 13.9 Å². The molecule has 1 atom stereocenters. The van der Waals surface area contributed by atoms with Gasteiger partial charge in [0.25, 0.3) is 5.91 Å². The van der Waals surface area contributed by atoms with E-state index in [1.165, 1.54) is 0 Å². The van der Waals surface area contributed by atoms with E-state index in [0.717, 1.165) is 49.4 Å². The molecule has 4 heterocycles. The number of rotatable bonds is 4. The van der Waals surface area contributed by atoms with Gasteiger partial charge in [-0.05, 0) is 35.9 Å². The third-order valence-electron chi connectivity index (χ3n) is 5.37. The first kappa shape index (κ1) is 17.8. The Labute approximate surface area is 168 Å². The maximum absolute atomic E-state index is 12.8. The predicted octanol–water partition coefficient (Wildman–Crippen LogP) is 2.96. The van der Waals surface area contributed by atoms with Gasteiger partial charge in [0.1, 0.15) is 11.9 Å². The summed E-state index contributed by atoms with van der Waals surface area (Å²) in [6.07, 6.45) is 12.1. The minimum atomic E-state index is -0.285. The summed E-state index contributed by atoms with van der Waals surface area (Å²) in [6.45, 7) is 3.62. The summed E-state index contributed by atoms with van der Waals surface area (Å²) in [7, 11) is 0. The van der Waals surface area contributed by atoms with Crippen LogP contribution in [0.25, 0.3) is 5.57 Å². The van der Waals surface area contributed by atoms with Gasteiger partial charge in [-0.15, -0.1) is 0 Å². The van der Waals surface area contributed by atoms with Crippen LogP contribution in [0.1, 0.15) is 22.7 Å². The van der Waals surface area contributed by atoms with Crippen LogP contribution in [0, 0.1) is 0 Å². The number of anilines is 2. The van der Waals surface area contributed by atoms with Gasteiger partial charge in [-0.1, -0.05) is 6.08 Å². The number of pyridine rings is 1. The second-order valence-corrected chi connectivity index (χ2v) is 7.21. The molecule has 2 aromatic rings. The van der Waals surface area contributed by atoms with Gasteiger partial charge in [-0.25, -0.2) is 0 Å². The second kappa shape index (κ2) is 7.60. The number of piperazine rings is 1. The van der Waals surface area contributed by atoms with Crippen LogP contribution in [0.3, 0.4) is 0 Å². The molecule has 1 aliphatic carbocycles. The van der Waals surface area contributed by atoms with Gasteiger partial charge in [-0.3, -0.25) is 9.78 Å². The fourth-order valence-corrected chi connectivity index (χ4v) is 3.84. The molecule has 7 heteroatoms. The molecular formula is C22H22N4O3. The van der Waals surface area contributed by atoms with Crippen LogP contribution in [0.5, 0.6) is 0 Å². The van der Waals surface area contributed by atoms with Gasteiger partial charge in [0.15, 0.2) is 5.76 Å². The molecule has 0 saturated carbocycles. The molecule has 0 radical (unpaired) electrons. The first-order valence-electron chi connectivity index (χ1n) is 9.83. The average molecular weight is 390 g/mol. The first-order valence-corrected chi connectivity index (χ1v) is 9.83. The Kier molecular flexibility index (Phi) is 4.65. The zero-order valence-electron chi connectivity index (χ0n) is 15.9. The zero-order chi connectivity index (χ0) is 19.6. The van der Waals surface area contributed by atoms with Gasteiger partial charge >= 0.3 is 0 Å². The lowest BCUT2D eigenvalue weighted by Crippen LogP contribution is -2.43. The smallest absolute Gasteiger partial charge is 0.291 e. The molecule has 1 amide bonds. The van der Waals surface area contributed by atoms with E-state index in [9.17, 15) is 4.79 Å². The molecule has 29 heavy (non-hydrogen) atoms. The average Bonchev–Trinajstić information content (AvgIpc) is 3.44. The molecule has 0 spiro atoms. The summed E-state index contributed by atoms with van der Waals surface area (Å²) in [5.74, 6) is 0.663. The molecule has 2 aliphatic heterocycles. The minimum Gasteiger partial charge on any atom is -0.493 e. The molecule has 0 aromatic carbocycles. The number of nitrogens with zero attached hydrogens (tertiary/aromatic N) is 2. The molecule has 1 unspecified atom stereocenters. The van der Waals surface area contributed by atoms with E-state index in [0.29, 0.717) is 11.4 Å². The summed E-state index contributed by atoms with van der Waals surface area (Å²) >= 11 is 0. The number of amides is 1. The second-order valence-electron chi connectivity index (χ2n) is 7.21. The van der Waals surface area contributed by atoms with E-state index < -0.39 is 0 Å². The van der Waals surface area contributed by atoms with Crippen LogP contribution < -0.4 is 15.5 Å². The number of aromatic nitrogens is 1. The van der Waals surface area contributed by atoms with Gasteiger partial charge in [0, 0.05) is 44.4 Å². The number of carbonyl (C=O) groups is 1. The summed E-state index contributed by atoms with van der Waals surface area (Å²) in [4.78, 5) is 19.2. The van der Waals surface area contributed by atoms with E-state index in [1.807, 2.05) is 24.3 Å². The summed E-state index contributed by atoms with van der Waals surface area (Å²) in [5.41, 5.74) is 3.75. The van der Waals surface area contributed by atoms with Crippen LogP contribution in [0.15, 0.2) is 65.1 Å². The Bertz CT molecular complexity index is 1010. The van der Waals surface area contributed by atoms with E-state index in [-0.39, 0.29) is 17.8 Å². The Morgan fingerprint density at radius 2 is 2.14 bits per heavy atom. The SMILES string of the molecule is O=C(Nc1cnccc1N1CCNCC1)c1ccc(C2=CCC3OC=CC3=C2)o1. The molecular weight excluding hydrogens is 368 g/mol. The highest BCUT2D eigenvalue weighted by Crippen LogP contribution is 2.32. The van der Waals surface area contributed by atoms with Crippen molar-refractivity contribution in [3.05, 3.63) is 72.2 Å². The fourth-order valence-electron chi connectivity index (χ4n) is 3.84. The number of fused-ring (bicyclic) bond motifs is 1. The molecule has 2 aromatic heterocycles. The van der Waals surface area contributed by atoms with Gasteiger partial charge in [-0.2, -0.15) is 0 Å². The highest BCUT2D eigenvalue weighted by molar-refractivity contribution is 6.04. The van der Waals surface area contributed by atoms with Crippen molar-refractivity contribution in [1.82, 2.24) is 10.3 Å². The zero-order valence-corrected chi connectivity index (χ0v) is 15.9. The van der Waals surface area contributed by atoms with E-state index >= 15 is 0 Å². The van der Waals surface area contributed by atoms with Crippen molar-refractivity contribution in [1.29, 1.82) is 0 Å². The lowest BCUT2D eigenvalue weighted by Gasteiger charge is -2.30. The number of carbonyl (C=O) groups excluding carboxylic acids is 1. The Hall–Kier alpha value is -3.32. The molecule has 1 saturated heterocycles. The van der Waals surface area contributed by atoms with Gasteiger partial charge in [0.2, 0.25) is 0 Å². The molecule has 148 valence electrons. The van der Waals surface area contributed by atoms with Crippen LogP contribution in [-0.2, 0) is 4.74 Å². The maximum atomic E-state index is 12.8. The Morgan fingerprint density at radius 1 is 1.24 bits per heavy atom. The van der Waals surface area contributed by atoms with Crippen LogP contribution in [0.2, 0.25) is 0 Å². The topological polar surface area (TPSA) is 79.6 Å². The summed E-state index contributed by atoms with van der Waals surface area (Å²) in [6, 6.07) is 5.47. The first-order chi connectivity index (χ1) is 14.3. The standard InChI is InChI=1S/C22H22N4O3/c27-22(25-17-14-24-7-5-18(17)26-10-8-23-9-11-26)21-4-3-20(29-21)15-1-2-19-16(13-15)6-12-28-19/h1,3-7,12-14,19,23H,2,8-11H2,(H,25,27). The van der Waals surface area contributed by atoms with Gasteiger partial charge in [0.05, 0.1) is 23.8 Å². The van der Waals surface area contributed by atoms with Crippen molar-refractivity contribution in [2.24, 2.45) is 0 Å². The third-order valence-corrected chi connectivity index (χ3v) is 5.37. The number of ether oxygens (including phenoxy) is 1. The van der Waals surface area contributed by atoms with Crippen molar-refractivity contribution >= 4 is 22.9 Å². The van der Waals surface area contributed by atoms with Crippen LogP contribution >= 0.6 is 0 Å². The van der Waals surface area contributed by atoms with E-state index in [4.69, 9.17) is 9.15 Å². The predicted molar refractivity (Wildman–Crippen MR) is 111 cm³/mol. The van der Waals surface area contributed by atoms with Crippen molar-refractivity contribution in [3.8, 4) is 0 Å². The minimum absolute atomic E-state index is 0.102. The van der Waals surface area contributed by atoms with E-state index in [2.05, 4.69) is 26.6 Å². The fraction of sp³-hybridized carbons (Fsp3) is 0.273.